The minimum Gasteiger partial charge on any atom is -0.480 e. The van der Waals surface area contributed by atoms with E-state index in [-0.39, 0.29) is 6.42 Å². The van der Waals surface area contributed by atoms with Gasteiger partial charge in [0.1, 0.15) is 6.04 Å². The van der Waals surface area contributed by atoms with Crippen molar-refractivity contribution in [3.63, 3.8) is 0 Å². The van der Waals surface area contributed by atoms with E-state index in [2.05, 4.69) is 17.2 Å². The van der Waals surface area contributed by atoms with Gasteiger partial charge < -0.3 is 15.7 Å². The lowest BCUT2D eigenvalue weighted by Crippen LogP contribution is -2.45. The van der Waals surface area contributed by atoms with Gasteiger partial charge in [-0.1, -0.05) is 35.9 Å². The quantitative estimate of drug-likeness (QED) is 0.684. The van der Waals surface area contributed by atoms with Crippen molar-refractivity contribution in [1.82, 2.24) is 10.6 Å². The molecule has 0 aliphatic rings. The van der Waals surface area contributed by atoms with E-state index >= 15 is 0 Å². The molecular formula is C14H18N2O3. The second kappa shape index (κ2) is 7.20. The molecule has 1 rings (SSSR count). The first kappa shape index (κ1) is 14.8. The Morgan fingerprint density at radius 2 is 2.21 bits per heavy atom. The first-order valence-corrected chi connectivity index (χ1v) is 5.96. The topological polar surface area (TPSA) is 78.4 Å². The summed E-state index contributed by atoms with van der Waals surface area (Å²) in [6.07, 6.45) is 1.65. The molecule has 5 nitrogen and oxygen atoms in total. The Kier molecular flexibility index (Phi) is 5.60. The van der Waals surface area contributed by atoms with Crippen molar-refractivity contribution in [1.29, 1.82) is 0 Å². The van der Waals surface area contributed by atoms with Gasteiger partial charge in [-0.2, -0.15) is 0 Å². The van der Waals surface area contributed by atoms with Crippen LogP contribution in [0.5, 0.6) is 0 Å². The van der Waals surface area contributed by atoms with Crippen LogP contribution in [-0.2, 0) is 11.3 Å². The van der Waals surface area contributed by atoms with Gasteiger partial charge in [0.25, 0.3) is 0 Å². The van der Waals surface area contributed by atoms with E-state index < -0.39 is 18.0 Å². The molecule has 0 radical (unpaired) electrons. The maximum absolute atomic E-state index is 11.6. The summed E-state index contributed by atoms with van der Waals surface area (Å²) in [5.41, 5.74) is 2.07. The lowest BCUT2D eigenvalue weighted by molar-refractivity contribution is -0.139. The molecule has 3 N–H and O–H groups in total. The zero-order valence-corrected chi connectivity index (χ0v) is 10.8. The summed E-state index contributed by atoms with van der Waals surface area (Å²) >= 11 is 0. The second-order valence-corrected chi connectivity index (χ2v) is 4.23. The Morgan fingerprint density at radius 3 is 2.79 bits per heavy atom. The third-order valence-corrected chi connectivity index (χ3v) is 2.54. The Hall–Kier alpha value is -2.30. The van der Waals surface area contributed by atoms with E-state index in [1.54, 1.807) is 0 Å². The van der Waals surface area contributed by atoms with Crippen molar-refractivity contribution in [2.24, 2.45) is 0 Å². The van der Waals surface area contributed by atoms with Crippen molar-refractivity contribution >= 4 is 12.0 Å². The van der Waals surface area contributed by atoms with Crippen LogP contribution in [0.25, 0.3) is 0 Å². The number of aliphatic carboxylic acids is 1. The van der Waals surface area contributed by atoms with Gasteiger partial charge in [-0.25, -0.2) is 9.59 Å². The third-order valence-electron chi connectivity index (χ3n) is 2.54. The molecule has 1 aromatic carbocycles. The fraction of sp³-hybridized carbons (Fsp3) is 0.286. The van der Waals surface area contributed by atoms with Gasteiger partial charge >= 0.3 is 12.0 Å². The number of hydrogen-bond donors (Lipinski definition) is 3. The van der Waals surface area contributed by atoms with Gasteiger partial charge in [-0.15, -0.1) is 6.58 Å². The highest BCUT2D eigenvalue weighted by Crippen LogP contribution is 2.03. The molecule has 2 amide bonds. The van der Waals surface area contributed by atoms with Crippen LogP contribution in [0.15, 0.2) is 36.9 Å². The first-order chi connectivity index (χ1) is 9.02. The number of hydrogen-bond acceptors (Lipinski definition) is 2. The van der Waals surface area contributed by atoms with E-state index in [0.717, 1.165) is 11.1 Å². The summed E-state index contributed by atoms with van der Waals surface area (Å²) < 4.78 is 0. The Bertz CT molecular complexity index is 472. The van der Waals surface area contributed by atoms with E-state index in [1.165, 1.54) is 6.08 Å². The Balaban J connectivity index is 2.46. The van der Waals surface area contributed by atoms with Gasteiger partial charge in [0.2, 0.25) is 0 Å². The summed E-state index contributed by atoms with van der Waals surface area (Å²) in [4.78, 5) is 22.4. The maximum atomic E-state index is 11.6. The van der Waals surface area contributed by atoms with Crippen LogP contribution in [0.4, 0.5) is 4.79 Å². The Labute approximate surface area is 112 Å². The number of carboxylic acids is 1. The van der Waals surface area contributed by atoms with E-state index in [0.29, 0.717) is 6.54 Å². The summed E-state index contributed by atoms with van der Waals surface area (Å²) in [5.74, 6) is -1.08. The van der Waals surface area contributed by atoms with Crippen LogP contribution in [-0.4, -0.2) is 23.1 Å². The molecule has 1 aromatic rings. The zero-order chi connectivity index (χ0) is 14.3. The van der Waals surface area contributed by atoms with E-state index in [1.807, 2.05) is 31.2 Å². The van der Waals surface area contributed by atoms with Crippen LogP contribution in [0.3, 0.4) is 0 Å². The molecule has 0 heterocycles. The lowest BCUT2D eigenvalue weighted by atomic mass is 10.1. The second-order valence-electron chi connectivity index (χ2n) is 4.23. The summed E-state index contributed by atoms with van der Waals surface area (Å²) in [7, 11) is 0. The van der Waals surface area contributed by atoms with Crippen LogP contribution >= 0.6 is 0 Å². The molecule has 0 aliphatic carbocycles. The molecular weight excluding hydrogens is 244 g/mol. The minimum absolute atomic E-state index is 0.188. The molecule has 0 spiro atoms. The largest absolute Gasteiger partial charge is 0.480 e. The van der Waals surface area contributed by atoms with Crippen LogP contribution in [0, 0.1) is 6.92 Å². The first-order valence-electron chi connectivity index (χ1n) is 5.96. The zero-order valence-electron chi connectivity index (χ0n) is 10.8. The van der Waals surface area contributed by atoms with Crippen LogP contribution in [0.2, 0.25) is 0 Å². The van der Waals surface area contributed by atoms with E-state index in [4.69, 9.17) is 5.11 Å². The lowest BCUT2D eigenvalue weighted by Gasteiger charge is -2.13. The van der Waals surface area contributed by atoms with Crippen molar-refractivity contribution in [2.45, 2.75) is 25.9 Å². The standard InChI is InChI=1S/C14H18N2O3/c1-3-5-12(13(17)18)16-14(19)15-9-11-7-4-6-10(2)8-11/h3-4,6-8,12H,1,5,9H2,2H3,(H,17,18)(H2,15,16,19). The highest BCUT2D eigenvalue weighted by Gasteiger charge is 2.17. The molecule has 102 valence electrons. The molecule has 0 bridgehead atoms. The average molecular weight is 262 g/mol. The average Bonchev–Trinajstić information content (AvgIpc) is 2.36. The SMILES string of the molecule is C=CCC(NC(=O)NCc1cccc(C)c1)C(=O)O. The summed E-state index contributed by atoms with van der Waals surface area (Å²) in [6, 6.07) is 6.27. The van der Waals surface area contributed by atoms with Gasteiger partial charge in [-0.3, -0.25) is 0 Å². The number of amides is 2. The predicted molar refractivity (Wildman–Crippen MR) is 72.8 cm³/mol. The predicted octanol–water partition coefficient (Wildman–Crippen LogP) is 1.82. The Morgan fingerprint density at radius 1 is 1.47 bits per heavy atom. The normalized spacial score (nSPS) is 11.4. The number of carbonyl (C=O) groups is 2. The van der Waals surface area contributed by atoms with Gasteiger partial charge in [0.05, 0.1) is 0 Å². The molecule has 0 fully saturated rings. The molecule has 19 heavy (non-hydrogen) atoms. The van der Waals surface area contributed by atoms with Crippen molar-refractivity contribution < 1.29 is 14.7 Å². The van der Waals surface area contributed by atoms with Crippen molar-refractivity contribution in [3.8, 4) is 0 Å². The van der Waals surface area contributed by atoms with Gasteiger partial charge in [-0.05, 0) is 18.9 Å². The molecule has 0 aliphatic heterocycles. The van der Waals surface area contributed by atoms with Crippen LogP contribution < -0.4 is 10.6 Å². The van der Waals surface area contributed by atoms with E-state index in [9.17, 15) is 9.59 Å². The highest BCUT2D eigenvalue weighted by molar-refractivity contribution is 5.82. The molecule has 0 saturated carbocycles. The minimum atomic E-state index is -1.08. The molecule has 1 unspecified atom stereocenters. The summed E-state index contributed by atoms with van der Waals surface area (Å²) in [6.45, 7) is 5.78. The monoisotopic (exact) mass is 262 g/mol. The smallest absolute Gasteiger partial charge is 0.326 e. The van der Waals surface area contributed by atoms with Gasteiger partial charge in [0.15, 0.2) is 0 Å². The maximum Gasteiger partial charge on any atom is 0.326 e. The van der Waals surface area contributed by atoms with Gasteiger partial charge in [0, 0.05) is 6.54 Å². The number of carbonyl (C=O) groups excluding carboxylic acids is 1. The van der Waals surface area contributed by atoms with Crippen LogP contribution in [0.1, 0.15) is 17.5 Å². The summed E-state index contributed by atoms with van der Waals surface area (Å²) in [5, 5.41) is 13.9. The fourth-order valence-corrected chi connectivity index (χ4v) is 1.60. The number of urea groups is 1. The number of benzene rings is 1. The molecule has 0 aromatic heterocycles. The number of aryl methyl sites for hydroxylation is 1. The van der Waals surface area contributed by atoms with Crippen molar-refractivity contribution in [3.05, 3.63) is 48.0 Å². The molecule has 0 saturated heterocycles. The molecule has 5 heteroatoms. The van der Waals surface area contributed by atoms with Crippen molar-refractivity contribution in [2.75, 3.05) is 0 Å². The number of nitrogens with one attached hydrogen (secondary N) is 2. The number of rotatable bonds is 6. The number of carboxylic acid groups (broad SMARTS) is 1. The highest BCUT2D eigenvalue weighted by atomic mass is 16.4. The third kappa shape index (κ3) is 5.25. The molecule has 1 atom stereocenters. The fourth-order valence-electron chi connectivity index (χ4n) is 1.60.